The Morgan fingerprint density at radius 1 is 1.18 bits per heavy atom. The normalized spacial score (nSPS) is 16.0. The molecule has 1 aliphatic rings. The molecule has 1 fully saturated rings. The van der Waals surface area contributed by atoms with Crippen molar-refractivity contribution in [3.05, 3.63) is 41.7 Å². The molecule has 3 aromatic heterocycles. The van der Waals surface area contributed by atoms with Crippen LogP contribution in [0.1, 0.15) is 49.4 Å². The third-order valence-electron chi connectivity index (χ3n) is 5.57. The molecule has 0 aromatic carbocycles. The van der Waals surface area contributed by atoms with E-state index in [4.69, 9.17) is 10.3 Å². The van der Waals surface area contributed by atoms with Crippen LogP contribution in [0.4, 0.5) is 0 Å². The molecule has 3 heterocycles. The van der Waals surface area contributed by atoms with Crippen molar-refractivity contribution in [2.45, 2.75) is 52.4 Å². The molecule has 8 heteroatoms. The zero-order valence-electron chi connectivity index (χ0n) is 16.4. The van der Waals surface area contributed by atoms with E-state index in [0.717, 1.165) is 42.0 Å². The first kappa shape index (κ1) is 20.5. The van der Waals surface area contributed by atoms with E-state index in [2.05, 4.69) is 20.2 Å². The van der Waals surface area contributed by atoms with Crippen molar-refractivity contribution < 1.29 is 4.52 Å². The number of hydrogen-bond donors (Lipinski definition) is 1. The Balaban J connectivity index is 0.00000225. The SMILES string of the molecule is Cc1cc(C)n(-c2ccc(-c3noc(CC4(CN)CCCCC4)n3)cn2)n1.Cl. The fourth-order valence-corrected chi connectivity index (χ4v) is 4.02. The van der Waals surface area contributed by atoms with Gasteiger partial charge in [-0.1, -0.05) is 24.4 Å². The highest BCUT2D eigenvalue weighted by Crippen LogP contribution is 2.38. The smallest absolute Gasteiger partial charge is 0.227 e. The second-order valence-electron chi connectivity index (χ2n) is 7.70. The fourth-order valence-electron chi connectivity index (χ4n) is 4.02. The predicted molar refractivity (Wildman–Crippen MR) is 110 cm³/mol. The molecule has 150 valence electrons. The molecular formula is C20H27ClN6O. The first-order valence-electron chi connectivity index (χ1n) is 9.61. The van der Waals surface area contributed by atoms with Crippen molar-refractivity contribution in [1.82, 2.24) is 24.9 Å². The molecule has 0 unspecified atom stereocenters. The Kier molecular flexibility index (Phi) is 6.15. The molecule has 3 aromatic rings. The van der Waals surface area contributed by atoms with Gasteiger partial charge in [-0.2, -0.15) is 10.1 Å². The summed E-state index contributed by atoms with van der Waals surface area (Å²) in [5.41, 5.74) is 9.05. The van der Waals surface area contributed by atoms with Crippen molar-refractivity contribution in [3.63, 3.8) is 0 Å². The average molecular weight is 403 g/mol. The summed E-state index contributed by atoms with van der Waals surface area (Å²) in [6.45, 7) is 4.66. The zero-order chi connectivity index (χ0) is 18.9. The lowest BCUT2D eigenvalue weighted by atomic mass is 9.72. The largest absolute Gasteiger partial charge is 0.339 e. The van der Waals surface area contributed by atoms with Gasteiger partial charge in [-0.25, -0.2) is 9.67 Å². The van der Waals surface area contributed by atoms with Gasteiger partial charge in [-0.3, -0.25) is 0 Å². The number of halogens is 1. The highest BCUT2D eigenvalue weighted by molar-refractivity contribution is 5.85. The van der Waals surface area contributed by atoms with E-state index in [1.165, 1.54) is 19.3 Å². The van der Waals surface area contributed by atoms with Gasteiger partial charge >= 0.3 is 0 Å². The highest BCUT2D eigenvalue weighted by atomic mass is 35.5. The van der Waals surface area contributed by atoms with E-state index < -0.39 is 0 Å². The number of pyridine rings is 1. The summed E-state index contributed by atoms with van der Waals surface area (Å²) in [6.07, 6.45) is 8.56. The molecule has 0 saturated heterocycles. The first-order chi connectivity index (χ1) is 13.1. The lowest BCUT2D eigenvalue weighted by molar-refractivity contribution is 0.177. The Morgan fingerprint density at radius 2 is 1.96 bits per heavy atom. The van der Waals surface area contributed by atoms with E-state index >= 15 is 0 Å². The van der Waals surface area contributed by atoms with Gasteiger partial charge in [-0.15, -0.1) is 12.4 Å². The summed E-state index contributed by atoms with van der Waals surface area (Å²) in [6, 6.07) is 5.90. The molecule has 0 amide bonds. The summed E-state index contributed by atoms with van der Waals surface area (Å²) in [5.74, 6) is 2.01. The van der Waals surface area contributed by atoms with Gasteiger partial charge in [0.05, 0.1) is 5.69 Å². The Hall–Kier alpha value is -2.25. The van der Waals surface area contributed by atoms with Crippen LogP contribution in [0.2, 0.25) is 0 Å². The van der Waals surface area contributed by atoms with Crippen molar-refractivity contribution in [1.29, 1.82) is 0 Å². The topological polar surface area (TPSA) is 95.7 Å². The van der Waals surface area contributed by atoms with Gasteiger partial charge in [0.1, 0.15) is 0 Å². The molecule has 0 radical (unpaired) electrons. The molecule has 0 atom stereocenters. The van der Waals surface area contributed by atoms with Crippen LogP contribution >= 0.6 is 12.4 Å². The minimum Gasteiger partial charge on any atom is -0.339 e. The molecule has 0 aliphatic heterocycles. The van der Waals surface area contributed by atoms with Crippen LogP contribution in [-0.2, 0) is 6.42 Å². The van der Waals surface area contributed by atoms with Crippen molar-refractivity contribution in [3.8, 4) is 17.2 Å². The quantitative estimate of drug-likeness (QED) is 0.697. The van der Waals surface area contributed by atoms with Crippen molar-refractivity contribution in [2.75, 3.05) is 6.54 Å². The Morgan fingerprint density at radius 3 is 2.57 bits per heavy atom. The number of rotatable bonds is 5. The van der Waals surface area contributed by atoms with Crippen LogP contribution in [0.3, 0.4) is 0 Å². The second-order valence-corrected chi connectivity index (χ2v) is 7.70. The first-order valence-corrected chi connectivity index (χ1v) is 9.61. The third kappa shape index (κ3) is 4.10. The Bertz CT molecular complexity index is 911. The molecule has 0 spiro atoms. The van der Waals surface area contributed by atoms with Crippen molar-refractivity contribution in [2.24, 2.45) is 11.1 Å². The van der Waals surface area contributed by atoms with Gasteiger partial charge in [0.2, 0.25) is 11.7 Å². The number of nitrogens with zero attached hydrogens (tertiary/aromatic N) is 5. The number of nitrogens with two attached hydrogens (primary N) is 1. The third-order valence-corrected chi connectivity index (χ3v) is 5.57. The maximum absolute atomic E-state index is 6.08. The fraction of sp³-hybridized carbons (Fsp3) is 0.500. The minimum atomic E-state index is 0. The number of aromatic nitrogens is 5. The zero-order valence-corrected chi connectivity index (χ0v) is 17.2. The molecular weight excluding hydrogens is 376 g/mol. The van der Waals surface area contributed by atoms with Gasteiger partial charge in [0.25, 0.3) is 0 Å². The second kappa shape index (κ2) is 8.41. The maximum atomic E-state index is 6.08. The predicted octanol–water partition coefficient (Wildman–Crippen LogP) is 3.81. The standard InChI is InChI=1S/C20H26N6O.ClH/c1-14-10-15(2)26(24-14)17-7-6-16(12-22-17)19-23-18(27-25-19)11-20(13-21)8-4-3-5-9-20;/h6-7,10,12H,3-5,8-9,11,13,21H2,1-2H3;1H. The van der Waals surface area contributed by atoms with Crippen LogP contribution in [0.15, 0.2) is 28.9 Å². The molecule has 2 N–H and O–H groups in total. The highest BCUT2D eigenvalue weighted by Gasteiger charge is 2.33. The summed E-state index contributed by atoms with van der Waals surface area (Å²) < 4.78 is 7.35. The number of aryl methyl sites for hydroxylation is 2. The van der Waals surface area contributed by atoms with Gasteiger partial charge < -0.3 is 10.3 Å². The maximum Gasteiger partial charge on any atom is 0.227 e. The lowest BCUT2D eigenvalue weighted by Gasteiger charge is -2.34. The molecule has 1 aliphatic carbocycles. The molecule has 1 saturated carbocycles. The Labute approximate surface area is 171 Å². The van der Waals surface area contributed by atoms with E-state index in [0.29, 0.717) is 18.3 Å². The van der Waals surface area contributed by atoms with Crippen LogP contribution in [-0.4, -0.2) is 31.4 Å². The minimum absolute atomic E-state index is 0. The summed E-state index contributed by atoms with van der Waals surface area (Å²) in [5, 5.41) is 8.61. The van der Waals surface area contributed by atoms with E-state index in [1.54, 1.807) is 6.20 Å². The summed E-state index contributed by atoms with van der Waals surface area (Å²) in [7, 11) is 0. The molecule has 4 rings (SSSR count). The van der Waals surface area contributed by atoms with Crippen LogP contribution in [0.5, 0.6) is 0 Å². The monoisotopic (exact) mass is 402 g/mol. The van der Waals surface area contributed by atoms with Crippen LogP contribution < -0.4 is 5.73 Å². The van der Waals surface area contributed by atoms with Crippen LogP contribution in [0, 0.1) is 19.3 Å². The van der Waals surface area contributed by atoms with Gasteiger partial charge in [0.15, 0.2) is 5.82 Å². The lowest BCUT2D eigenvalue weighted by Crippen LogP contribution is -2.35. The summed E-state index contributed by atoms with van der Waals surface area (Å²) >= 11 is 0. The molecule has 28 heavy (non-hydrogen) atoms. The molecule has 0 bridgehead atoms. The summed E-state index contributed by atoms with van der Waals surface area (Å²) in [4.78, 5) is 9.11. The average Bonchev–Trinajstić information content (AvgIpc) is 3.28. The molecule has 7 nitrogen and oxygen atoms in total. The van der Waals surface area contributed by atoms with E-state index in [-0.39, 0.29) is 17.8 Å². The van der Waals surface area contributed by atoms with Gasteiger partial charge in [-0.05, 0) is 56.8 Å². The van der Waals surface area contributed by atoms with Crippen LogP contribution in [0.25, 0.3) is 17.2 Å². The van der Waals surface area contributed by atoms with Crippen molar-refractivity contribution >= 4 is 12.4 Å². The van der Waals surface area contributed by atoms with Gasteiger partial charge in [0, 0.05) is 23.9 Å². The number of hydrogen-bond acceptors (Lipinski definition) is 6. The van der Waals surface area contributed by atoms with E-state index in [1.807, 2.05) is 36.7 Å². The van der Waals surface area contributed by atoms with E-state index in [9.17, 15) is 0 Å².